The van der Waals surface area contributed by atoms with E-state index in [1.165, 1.54) is 21.7 Å². The van der Waals surface area contributed by atoms with Crippen molar-refractivity contribution in [2.24, 2.45) is 0 Å². The van der Waals surface area contributed by atoms with Gasteiger partial charge in [-0.3, -0.25) is 0 Å². The molecule has 1 aromatic heterocycles. The van der Waals surface area contributed by atoms with Crippen molar-refractivity contribution in [1.82, 2.24) is 0 Å². The van der Waals surface area contributed by atoms with Crippen LogP contribution in [-0.4, -0.2) is 0 Å². The summed E-state index contributed by atoms with van der Waals surface area (Å²) in [4.78, 5) is 1.34. The van der Waals surface area contributed by atoms with Gasteiger partial charge in [-0.15, -0.1) is 11.3 Å². The lowest BCUT2D eigenvalue weighted by molar-refractivity contribution is 1.16. The molecule has 0 radical (unpaired) electrons. The molecule has 16 heavy (non-hydrogen) atoms. The molecule has 1 aromatic carbocycles. The predicted molar refractivity (Wildman–Crippen MR) is 75.3 cm³/mol. The smallest absolute Gasteiger partial charge is 0.0494 e. The van der Waals surface area contributed by atoms with E-state index in [1.807, 2.05) is 0 Å². The Hall–Kier alpha value is -0.800. The van der Waals surface area contributed by atoms with Gasteiger partial charge in [0.05, 0.1) is 0 Å². The Labute approximate surface area is 109 Å². The second-order valence-corrected chi connectivity index (χ2v) is 5.76. The van der Waals surface area contributed by atoms with E-state index in [0.717, 1.165) is 11.0 Å². The highest BCUT2D eigenvalue weighted by Crippen LogP contribution is 2.23. The molecule has 2 rings (SSSR count). The molecular formula is C13H14BrNS. The van der Waals surface area contributed by atoms with Gasteiger partial charge in [-0.2, -0.15) is 0 Å². The summed E-state index contributed by atoms with van der Waals surface area (Å²) >= 11 is 5.24. The van der Waals surface area contributed by atoms with Crippen LogP contribution in [0, 0.1) is 13.8 Å². The van der Waals surface area contributed by atoms with E-state index >= 15 is 0 Å². The maximum atomic E-state index is 3.50. The lowest BCUT2D eigenvalue weighted by Gasteiger charge is -2.11. The van der Waals surface area contributed by atoms with Crippen molar-refractivity contribution < 1.29 is 0 Å². The lowest BCUT2D eigenvalue weighted by atomic mass is 10.1. The first-order valence-electron chi connectivity index (χ1n) is 5.20. The van der Waals surface area contributed by atoms with E-state index in [9.17, 15) is 0 Å². The molecule has 0 saturated carbocycles. The van der Waals surface area contributed by atoms with Crippen LogP contribution in [0.1, 0.15) is 16.0 Å². The molecule has 0 amide bonds. The molecule has 0 bridgehead atoms. The maximum Gasteiger partial charge on any atom is 0.0494 e. The van der Waals surface area contributed by atoms with Crippen LogP contribution >= 0.6 is 27.3 Å². The molecule has 2 aromatic rings. The Bertz CT molecular complexity index is 470. The third-order valence-electron chi connectivity index (χ3n) is 2.54. The van der Waals surface area contributed by atoms with Crippen molar-refractivity contribution in [3.05, 3.63) is 50.1 Å². The summed E-state index contributed by atoms with van der Waals surface area (Å²) in [6.07, 6.45) is 0. The number of hydrogen-bond acceptors (Lipinski definition) is 2. The first kappa shape index (κ1) is 11.7. The van der Waals surface area contributed by atoms with Crippen LogP contribution in [0.5, 0.6) is 0 Å². The molecule has 0 aliphatic carbocycles. The summed E-state index contributed by atoms with van der Waals surface area (Å²) < 4.78 is 1.16. The van der Waals surface area contributed by atoms with Crippen LogP contribution in [0.2, 0.25) is 0 Å². The highest BCUT2D eigenvalue weighted by molar-refractivity contribution is 9.10. The number of thiophene rings is 1. The van der Waals surface area contributed by atoms with Crippen LogP contribution in [0.15, 0.2) is 34.1 Å². The van der Waals surface area contributed by atoms with Crippen molar-refractivity contribution in [2.45, 2.75) is 20.4 Å². The minimum absolute atomic E-state index is 0.891. The van der Waals surface area contributed by atoms with E-state index in [1.54, 1.807) is 11.3 Å². The van der Waals surface area contributed by atoms with E-state index in [4.69, 9.17) is 0 Å². The predicted octanol–water partition coefficient (Wildman–Crippen LogP) is 4.74. The quantitative estimate of drug-likeness (QED) is 0.862. The summed E-state index contributed by atoms with van der Waals surface area (Å²) in [5.74, 6) is 0. The van der Waals surface area contributed by atoms with Crippen LogP contribution in [0.4, 0.5) is 5.69 Å². The fourth-order valence-electron chi connectivity index (χ4n) is 1.72. The van der Waals surface area contributed by atoms with E-state index in [0.29, 0.717) is 0 Å². The van der Waals surface area contributed by atoms with Crippen molar-refractivity contribution in [2.75, 3.05) is 5.32 Å². The van der Waals surface area contributed by atoms with Crippen LogP contribution in [0.3, 0.4) is 0 Å². The molecule has 0 atom stereocenters. The van der Waals surface area contributed by atoms with E-state index in [-0.39, 0.29) is 0 Å². The Morgan fingerprint density at radius 2 is 1.94 bits per heavy atom. The molecule has 0 saturated heterocycles. The second kappa shape index (κ2) is 5.02. The van der Waals surface area contributed by atoms with Gasteiger partial charge in [0.1, 0.15) is 0 Å². The van der Waals surface area contributed by atoms with Gasteiger partial charge in [-0.25, -0.2) is 0 Å². The Morgan fingerprint density at radius 3 is 2.50 bits per heavy atom. The molecule has 3 heteroatoms. The topological polar surface area (TPSA) is 12.0 Å². The molecule has 1 nitrogen and oxygen atoms in total. The number of para-hydroxylation sites is 1. The van der Waals surface area contributed by atoms with Gasteiger partial charge in [0.25, 0.3) is 0 Å². The van der Waals surface area contributed by atoms with Gasteiger partial charge in [-0.05, 0) is 47.0 Å². The third-order valence-corrected chi connectivity index (χ3v) is 4.24. The molecular weight excluding hydrogens is 282 g/mol. The zero-order valence-corrected chi connectivity index (χ0v) is 11.8. The molecule has 0 spiro atoms. The molecule has 0 fully saturated rings. The number of nitrogens with one attached hydrogen (secondary N) is 1. The first-order chi connectivity index (χ1) is 7.66. The Balaban J connectivity index is 2.10. The van der Waals surface area contributed by atoms with Crippen LogP contribution < -0.4 is 5.32 Å². The highest BCUT2D eigenvalue weighted by atomic mass is 79.9. The zero-order valence-electron chi connectivity index (χ0n) is 9.38. The highest BCUT2D eigenvalue weighted by Gasteiger charge is 2.02. The third kappa shape index (κ3) is 2.66. The Kier molecular flexibility index (Phi) is 3.66. The van der Waals surface area contributed by atoms with E-state index in [2.05, 4.69) is 64.7 Å². The number of halogens is 1. The largest absolute Gasteiger partial charge is 0.380 e. The Morgan fingerprint density at radius 1 is 1.25 bits per heavy atom. The monoisotopic (exact) mass is 295 g/mol. The van der Waals surface area contributed by atoms with Crippen LogP contribution in [-0.2, 0) is 6.54 Å². The average Bonchev–Trinajstić information content (AvgIpc) is 2.63. The van der Waals surface area contributed by atoms with Gasteiger partial charge < -0.3 is 5.32 Å². The van der Waals surface area contributed by atoms with Gasteiger partial charge in [0, 0.05) is 27.0 Å². The molecule has 0 unspecified atom stereocenters. The van der Waals surface area contributed by atoms with Gasteiger partial charge in [-0.1, -0.05) is 18.2 Å². The fourth-order valence-corrected chi connectivity index (χ4v) is 3.11. The fraction of sp³-hybridized carbons (Fsp3) is 0.231. The molecule has 0 aliphatic rings. The summed E-state index contributed by atoms with van der Waals surface area (Å²) in [6.45, 7) is 5.17. The molecule has 1 heterocycles. The molecule has 0 aliphatic heterocycles. The lowest BCUT2D eigenvalue weighted by Crippen LogP contribution is -2.01. The van der Waals surface area contributed by atoms with Crippen LogP contribution in [0.25, 0.3) is 0 Å². The number of hydrogen-bond donors (Lipinski definition) is 1. The van der Waals surface area contributed by atoms with Crippen molar-refractivity contribution in [3.63, 3.8) is 0 Å². The summed E-state index contributed by atoms with van der Waals surface area (Å²) in [7, 11) is 0. The van der Waals surface area contributed by atoms with Gasteiger partial charge >= 0.3 is 0 Å². The second-order valence-electron chi connectivity index (χ2n) is 3.85. The van der Waals surface area contributed by atoms with Crippen molar-refractivity contribution in [3.8, 4) is 0 Å². The number of benzene rings is 1. The molecule has 1 N–H and O–H groups in total. The van der Waals surface area contributed by atoms with Crippen molar-refractivity contribution in [1.29, 1.82) is 0 Å². The minimum Gasteiger partial charge on any atom is -0.380 e. The maximum absolute atomic E-state index is 3.50. The van der Waals surface area contributed by atoms with Gasteiger partial charge in [0.2, 0.25) is 0 Å². The number of aryl methyl sites for hydroxylation is 2. The normalized spacial score (nSPS) is 10.4. The SMILES string of the molecule is Cc1cccc(C)c1NCc1cc(Br)cs1. The summed E-state index contributed by atoms with van der Waals surface area (Å²) in [6, 6.07) is 8.53. The van der Waals surface area contributed by atoms with E-state index < -0.39 is 0 Å². The number of anilines is 1. The molecule has 84 valence electrons. The average molecular weight is 296 g/mol. The summed E-state index contributed by atoms with van der Waals surface area (Å²) in [5.41, 5.74) is 3.86. The summed E-state index contributed by atoms with van der Waals surface area (Å²) in [5, 5.41) is 5.61. The zero-order chi connectivity index (χ0) is 11.5. The van der Waals surface area contributed by atoms with Crippen molar-refractivity contribution >= 4 is 33.0 Å². The number of rotatable bonds is 3. The standard InChI is InChI=1S/C13H14BrNS/c1-9-4-3-5-10(2)13(9)15-7-12-6-11(14)8-16-12/h3-6,8,15H,7H2,1-2H3. The first-order valence-corrected chi connectivity index (χ1v) is 6.87. The minimum atomic E-state index is 0.891. The van der Waals surface area contributed by atoms with Gasteiger partial charge in [0.15, 0.2) is 0 Å².